The molecule has 0 unspecified atom stereocenters. The Bertz CT molecular complexity index is 518. The van der Waals surface area contributed by atoms with Gasteiger partial charge in [0.15, 0.2) is 5.69 Å². The summed E-state index contributed by atoms with van der Waals surface area (Å²) in [5, 5.41) is 11.2. The number of nitriles is 1. The van der Waals surface area contributed by atoms with Crippen LogP contribution in [-0.2, 0) is 17.5 Å². The van der Waals surface area contributed by atoms with Crippen molar-refractivity contribution in [2.45, 2.75) is 26.6 Å². The molecule has 0 aromatic carbocycles. The zero-order valence-corrected chi connectivity index (χ0v) is 10.4. The molecule has 102 valence electrons. The van der Waals surface area contributed by atoms with Crippen LogP contribution in [0, 0.1) is 17.2 Å². The van der Waals surface area contributed by atoms with Gasteiger partial charge in [0.05, 0.1) is 5.56 Å². The van der Waals surface area contributed by atoms with Gasteiger partial charge in [-0.15, -0.1) is 0 Å². The second-order valence-corrected chi connectivity index (χ2v) is 4.22. The summed E-state index contributed by atoms with van der Waals surface area (Å²) in [6.07, 6.45) is -3.66. The van der Waals surface area contributed by atoms with E-state index in [0.717, 1.165) is 12.3 Å². The lowest BCUT2D eigenvalue weighted by molar-refractivity contribution is -0.141. The molecule has 0 fully saturated rings. The van der Waals surface area contributed by atoms with Crippen LogP contribution in [0.4, 0.5) is 13.2 Å². The first-order valence-corrected chi connectivity index (χ1v) is 5.49. The summed E-state index contributed by atoms with van der Waals surface area (Å²) in [6, 6.07) is 2.54. The number of hydrogen-bond donors (Lipinski definition) is 1. The third kappa shape index (κ3) is 3.95. The van der Waals surface area contributed by atoms with Crippen molar-refractivity contribution in [3.8, 4) is 6.07 Å². The van der Waals surface area contributed by atoms with Crippen LogP contribution in [-0.4, -0.2) is 10.9 Å². The molecule has 0 saturated heterocycles. The van der Waals surface area contributed by atoms with Crippen LogP contribution in [0.25, 0.3) is 0 Å². The van der Waals surface area contributed by atoms with Gasteiger partial charge in [-0.2, -0.15) is 18.4 Å². The minimum absolute atomic E-state index is 0.0385. The van der Waals surface area contributed by atoms with Gasteiger partial charge in [0.2, 0.25) is 5.91 Å². The molecule has 19 heavy (non-hydrogen) atoms. The number of halogens is 3. The Hall–Kier alpha value is -2.10. The summed E-state index contributed by atoms with van der Waals surface area (Å²) >= 11 is 0. The smallest absolute Gasteiger partial charge is 0.352 e. The van der Waals surface area contributed by atoms with Gasteiger partial charge in [0.25, 0.3) is 0 Å². The summed E-state index contributed by atoms with van der Waals surface area (Å²) in [6.45, 7) is 3.43. The first kappa shape index (κ1) is 15.0. The highest BCUT2D eigenvalue weighted by Crippen LogP contribution is 2.30. The number of hydrogen-bond acceptors (Lipinski definition) is 3. The van der Waals surface area contributed by atoms with Crippen molar-refractivity contribution in [1.29, 1.82) is 5.26 Å². The SMILES string of the molecule is CC(C)C(=O)NCc1cnc(C(F)(F)F)c(C#N)c1. The van der Waals surface area contributed by atoms with Crippen molar-refractivity contribution in [2.75, 3.05) is 0 Å². The third-order valence-electron chi connectivity index (χ3n) is 2.32. The maximum atomic E-state index is 12.5. The van der Waals surface area contributed by atoms with E-state index in [4.69, 9.17) is 5.26 Å². The average molecular weight is 271 g/mol. The molecule has 1 rings (SSSR count). The van der Waals surface area contributed by atoms with Gasteiger partial charge in [0.1, 0.15) is 6.07 Å². The lowest BCUT2D eigenvalue weighted by atomic mass is 10.1. The average Bonchev–Trinajstić information content (AvgIpc) is 2.34. The lowest BCUT2D eigenvalue weighted by Gasteiger charge is -2.10. The van der Waals surface area contributed by atoms with Crippen LogP contribution in [0.15, 0.2) is 12.3 Å². The van der Waals surface area contributed by atoms with Crippen molar-refractivity contribution in [3.63, 3.8) is 0 Å². The maximum Gasteiger partial charge on any atom is 0.434 e. The highest BCUT2D eigenvalue weighted by atomic mass is 19.4. The second-order valence-electron chi connectivity index (χ2n) is 4.22. The number of carbonyl (C=O) groups is 1. The number of rotatable bonds is 3. The van der Waals surface area contributed by atoms with Crippen LogP contribution in [0.5, 0.6) is 0 Å². The molecule has 4 nitrogen and oxygen atoms in total. The molecular formula is C12H12F3N3O. The summed E-state index contributed by atoms with van der Waals surface area (Å²) in [5.41, 5.74) is -1.42. The van der Waals surface area contributed by atoms with Crippen molar-refractivity contribution in [3.05, 3.63) is 29.1 Å². The predicted octanol–water partition coefficient (Wildman–Crippen LogP) is 2.24. The number of nitrogens with zero attached hydrogens (tertiary/aromatic N) is 2. The Morgan fingerprint density at radius 1 is 1.53 bits per heavy atom. The van der Waals surface area contributed by atoms with E-state index in [9.17, 15) is 18.0 Å². The molecule has 1 aromatic rings. The van der Waals surface area contributed by atoms with Gasteiger partial charge < -0.3 is 5.32 Å². The normalized spacial score (nSPS) is 11.2. The van der Waals surface area contributed by atoms with Crippen LogP contribution < -0.4 is 5.32 Å². The molecule has 1 amide bonds. The van der Waals surface area contributed by atoms with Crippen LogP contribution in [0.3, 0.4) is 0 Å². The maximum absolute atomic E-state index is 12.5. The zero-order valence-electron chi connectivity index (χ0n) is 10.4. The van der Waals surface area contributed by atoms with E-state index in [1.165, 1.54) is 6.07 Å². The van der Waals surface area contributed by atoms with Crippen LogP contribution >= 0.6 is 0 Å². The number of alkyl halides is 3. The van der Waals surface area contributed by atoms with E-state index in [-0.39, 0.29) is 18.4 Å². The Morgan fingerprint density at radius 2 is 2.16 bits per heavy atom. The molecule has 1 heterocycles. The number of aromatic nitrogens is 1. The molecule has 0 spiro atoms. The Kier molecular flexibility index (Phi) is 4.48. The number of nitrogens with one attached hydrogen (secondary N) is 1. The summed E-state index contributed by atoms with van der Waals surface area (Å²) in [4.78, 5) is 14.6. The quantitative estimate of drug-likeness (QED) is 0.916. The van der Waals surface area contributed by atoms with Gasteiger partial charge in [-0.25, -0.2) is 0 Å². The minimum atomic E-state index is -4.66. The molecule has 0 radical (unpaired) electrons. The Morgan fingerprint density at radius 3 is 2.63 bits per heavy atom. The highest BCUT2D eigenvalue weighted by Gasteiger charge is 2.35. The fourth-order valence-electron chi connectivity index (χ4n) is 1.31. The number of carbonyl (C=O) groups excluding carboxylic acids is 1. The van der Waals surface area contributed by atoms with E-state index in [2.05, 4.69) is 10.3 Å². The molecule has 0 bridgehead atoms. The van der Waals surface area contributed by atoms with E-state index < -0.39 is 17.4 Å². The van der Waals surface area contributed by atoms with Crippen molar-refractivity contribution >= 4 is 5.91 Å². The first-order chi connectivity index (χ1) is 8.75. The minimum Gasteiger partial charge on any atom is -0.352 e. The molecule has 0 aliphatic heterocycles. The van der Waals surface area contributed by atoms with Crippen LogP contribution in [0.2, 0.25) is 0 Å². The molecule has 0 atom stereocenters. The molecule has 1 aromatic heterocycles. The van der Waals surface area contributed by atoms with E-state index >= 15 is 0 Å². The molecule has 7 heteroatoms. The van der Waals surface area contributed by atoms with Gasteiger partial charge in [-0.1, -0.05) is 13.8 Å². The van der Waals surface area contributed by atoms with E-state index in [1.807, 2.05) is 0 Å². The monoisotopic (exact) mass is 271 g/mol. The zero-order chi connectivity index (χ0) is 14.6. The first-order valence-electron chi connectivity index (χ1n) is 5.49. The van der Waals surface area contributed by atoms with Gasteiger partial charge in [-0.3, -0.25) is 9.78 Å². The van der Waals surface area contributed by atoms with E-state index in [0.29, 0.717) is 5.56 Å². The largest absolute Gasteiger partial charge is 0.434 e. The van der Waals surface area contributed by atoms with Crippen LogP contribution in [0.1, 0.15) is 30.7 Å². The Balaban J connectivity index is 2.90. The highest BCUT2D eigenvalue weighted by molar-refractivity contribution is 5.77. The van der Waals surface area contributed by atoms with Crippen molar-refractivity contribution in [2.24, 2.45) is 5.92 Å². The van der Waals surface area contributed by atoms with Crippen molar-refractivity contribution in [1.82, 2.24) is 10.3 Å². The van der Waals surface area contributed by atoms with E-state index in [1.54, 1.807) is 13.8 Å². The number of amides is 1. The van der Waals surface area contributed by atoms with Gasteiger partial charge >= 0.3 is 6.18 Å². The molecule has 1 N–H and O–H groups in total. The fraction of sp³-hybridized carbons (Fsp3) is 0.417. The van der Waals surface area contributed by atoms with Crippen molar-refractivity contribution < 1.29 is 18.0 Å². The summed E-state index contributed by atoms with van der Waals surface area (Å²) in [5.74, 6) is -0.448. The molecule has 0 saturated carbocycles. The lowest BCUT2D eigenvalue weighted by Crippen LogP contribution is -2.27. The fourth-order valence-corrected chi connectivity index (χ4v) is 1.31. The Labute approximate surface area is 108 Å². The topological polar surface area (TPSA) is 65.8 Å². The second kappa shape index (κ2) is 5.69. The third-order valence-corrected chi connectivity index (χ3v) is 2.32. The predicted molar refractivity (Wildman–Crippen MR) is 60.6 cm³/mol. The van der Waals surface area contributed by atoms with Gasteiger partial charge in [0, 0.05) is 18.7 Å². The standard InChI is InChI=1S/C12H12F3N3O/c1-7(2)11(19)18-6-8-3-9(4-16)10(17-5-8)12(13,14)15/h3,5,7H,6H2,1-2H3,(H,18,19). The molecular weight excluding hydrogens is 259 g/mol. The summed E-state index contributed by atoms with van der Waals surface area (Å²) in [7, 11) is 0. The molecule has 0 aliphatic rings. The van der Waals surface area contributed by atoms with Gasteiger partial charge in [-0.05, 0) is 11.6 Å². The number of pyridine rings is 1. The summed E-state index contributed by atoms with van der Waals surface area (Å²) < 4.78 is 37.5. The molecule has 0 aliphatic carbocycles.